The first-order valence-electron chi connectivity index (χ1n) is 9.74. The average Bonchev–Trinajstić information content (AvgIpc) is 2.72. The molecule has 1 aromatic heterocycles. The molecule has 0 saturated heterocycles. The summed E-state index contributed by atoms with van der Waals surface area (Å²) in [5.41, 5.74) is 3.44. The summed E-state index contributed by atoms with van der Waals surface area (Å²) in [7, 11) is -2.94. The molecular weight excluding hydrogens is 418 g/mol. The molecule has 9 nitrogen and oxygen atoms in total. The summed E-state index contributed by atoms with van der Waals surface area (Å²) in [5.74, 6) is 1.86. The number of thiol groups is 1. The zero-order valence-electron chi connectivity index (χ0n) is 16.9. The number of fused-ring (bicyclic) bond motifs is 1. The second-order valence-corrected chi connectivity index (χ2v) is 10.0. The number of nitrogens with one attached hydrogen (secondary N) is 1. The van der Waals surface area contributed by atoms with Crippen molar-refractivity contribution < 1.29 is 19.2 Å². The molecule has 1 amide bonds. The third-order valence-electron chi connectivity index (χ3n) is 4.71. The van der Waals surface area contributed by atoms with Crippen LogP contribution in [0, 0.1) is 0 Å². The van der Waals surface area contributed by atoms with Gasteiger partial charge in [-0.05, 0) is 48.4 Å². The molecule has 31 heavy (non-hydrogen) atoms. The predicted molar refractivity (Wildman–Crippen MR) is 120 cm³/mol. The summed E-state index contributed by atoms with van der Waals surface area (Å²) in [6, 6.07) is 13.2. The predicted octanol–water partition coefficient (Wildman–Crippen LogP) is 3.96. The van der Waals surface area contributed by atoms with Crippen LogP contribution in [0.1, 0.15) is 17.5 Å². The fourth-order valence-corrected chi connectivity index (χ4v) is 4.82. The Labute approximate surface area is 180 Å². The third kappa shape index (κ3) is 5.22. The van der Waals surface area contributed by atoms with Crippen molar-refractivity contribution in [2.24, 2.45) is 4.36 Å². The summed E-state index contributed by atoms with van der Waals surface area (Å²) in [4.78, 5) is 23.9. The highest BCUT2D eigenvalue weighted by Gasteiger charge is 2.17. The summed E-state index contributed by atoms with van der Waals surface area (Å²) in [6.45, 7) is 0.674. The Morgan fingerprint density at radius 3 is 2.94 bits per heavy atom. The lowest BCUT2D eigenvalue weighted by Crippen LogP contribution is -2.13. The Morgan fingerprint density at radius 2 is 2.10 bits per heavy atom. The number of hydrogen-bond acceptors (Lipinski definition) is 6. The fraction of sp³-hybridized carbons (Fsp3) is 0.238. The Balaban J connectivity index is 1.57. The van der Waals surface area contributed by atoms with E-state index >= 15 is 0 Å². The smallest absolute Gasteiger partial charge is 0.437 e. The van der Waals surface area contributed by atoms with Gasteiger partial charge in [-0.15, -0.1) is 0 Å². The van der Waals surface area contributed by atoms with Gasteiger partial charge in [0.15, 0.2) is 5.82 Å². The number of amides is 1. The van der Waals surface area contributed by atoms with E-state index in [4.69, 9.17) is 9.84 Å². The number of ether oxygens (including phenoxy) is 1. The van der Waals surface area contributed by atoms with Crippen LogP contribution in [0.4, 0.5) is 16.4 Å². The topological polar surface area (TPSA) is 130 Å². The van der Waals surface area contributed by atoms with Gasteiger partial charge in [0.25, 0.3) is 0 Å². The Kier molecular flexibility index (Phi) is 5.92. The van der Waals surface area contributed by atoms with Gasteiger partial charge in [-0.25, -0.2) is 14.8 Å². The molecule has 0 saturated carbocycles. The molecule has 0 aliphatic carbocycles. The molecule has 1 aliphatic rings. The van der Waals surface area contributed by atoms with Gasteiger partial charge in [0.1, 0.15) is 12.1 Å². The molecule has 0 unspecified atom stereocenters. The number of benzene rings is 2. The van der Waals surface area contributed by atoms with Gasteiger partial charge < -0.3 is 19.7 Å². The van der Waals surface area contributed by atoms with Gasteiger partial charge in [0.05, 0.1) is 12.2 Å². The number of carbonyl (C=O) groups is 1. The molecule has 0 atom stereocenters. The second-order valence-electron chi connectivity index (χ2n) is 7.33. The van der Waals surface area contributed by atoms with Crippen molar-refractivity contribution in [3.05, 3.63) is 59.9 Å². The van der Waals surface area contributed by atoms with Crippen molar-refractivity contribution in [3.8, 4) is 17.1 Å². The molecular formula is C21H23N5O4S. The van der Waals surface area contributed by atoms with Crippen molar-refractivity contribution in [3.63, 3.8) is 0 Å². The van der Waals surface area contributed by atoms with Crippen molar-refractivity contribution in [1.29, 1.82) is 0 Å². The van der Waals surface area contributed by atoms with Gasteiger partial charge in [0.2, 0.25) is 5.95 Å². The first-order valence-corrected chi connectivity index (χ1v) is 12.1. The minimum atomic E-state index is -2.94. The standard InChI is InChI=1S/C21H23N5O4S/c1-31(29,26-21(27)28)12-14-5-2-8-16(11-14)24-20-23-13-22-19(25-20)17-9-3-6-15-7-4-10-30-18(15)17/h2-3,5-6,8-9,11,13,31H,4,7,10,12H2,1H3,(H,26,29)(H,27,28)(H,22,23,24,25). The van der Waals surface area contributed by atoms with Crippen molar-refractivity contribution in [2.75, 3.05) is 18.2 Å². The van der Waals surface area contributed by atoms with Crippen molar-refractivity contribution in [1.82, 2.24) is 15.0 Å². The van der Waals surface area contributed by atoms with Gasteiger partial charge in [-0.1, -0.05) is 34.4 Å². The Morgan fingerprint density at radius 1 is 1.26 bits per heavy atom. The van der Waals surface area contributed by atoms with E-state index in [-0.39, 0.29) is 5.75 Å². The third-order valence-corrected chi connectivity index (χ3v) is 6.28. The molecule has 0 spiro atoms. The van der Waals surface area contributed by atoms with Crippen molar-refractivity contribution in [2.45, 2.75) is 18.6 Å². The molecule has 2 aromatic carbocycles. The van der Waals surface area contributed by atoms with Crippen LogP contribution in [-0.2, 0) is 22.3 Å². The van der Waals surface area contributed by atoms with Crippen LogP contribution in [-0.4, -0.2) is 43.6 Å². The van der Waals surface area contributed by atoms with E-state index in [1.165, 1.54) is 12.6 Å². The highest BCUT2D eigenvalue weighted by atomic mass is 32.3. The van der Waals surface area contributed by atoms with Crippen LogP contribution in [0.25, 0.3) is 11.4 Å². The van der Waals surface area contributed by atoms with E-state index in [0.29, 0.717) is 24.1 Å². The number of aromatic nitrogens is 3. The van der Waals surface area contributed by atoms with E-state index in [9.17, 15) is 9.35 Å². The molecule has 3 N–H and O–H groups in total. The summed E-state index contributed by atoms with van der Waals surface area (Å²) in [5, 5.41) is 12.0. The first kappa shape index (κ1) is 20.9. The van der Waals surface area contributed by atoms with Crippen molar-refractivity contribution >= 4 is 27.8 Å². The van der Waals surface area contributed by atoms with Gasteiger partial charge in [-0.2, -0.15) is 9.35 Å². The molecule has 0 radical (unpaired) electrons. The lowest BCUT2D eigenvalue weighted by atomic mass is 10.0. The summed E-state index contributed by atoms with van der Waals surface area (Å²) in [6.07, 6.45) is 3.50. The quantitative estimate of drug-likeness (QED) is 0.438. The van der Waals surface area contributed by atoms with Crippen LogP contribution in [0.2, 0.25) is 0 Å². The average molecular weight is 442 g/mol. The minimum Gasteiger partial charge on any atom is -0.493 e. The maximum Gasteiger partial charge on any atom is 0.437 e. The zero-order chi connectivity index (χ0) is 21.8. The normalized spacial score (nSPS) is 13.6. The molecule has 0 fully saturated rings. The Hall–Kier alpha value is -3.37. The highest BCUT2D eigenvalue weighted by Crippen LogP contribution is 2.34. The lowest BCUT2D eigenvalue weighted by Gasteiger charge is -2.19. The molecule has 10 heteroatoms. The number of rotatable bonds is 5. The monoisotopic (exact) mass is 441 g/mol. The molecule has 4 rings (SSSR count). The number of anilines is 2. The first-order chi connectivity index (χ1) is 14.9. The highest BCUT2D eigenvalue weighted by molar-refractivity contribution is 7.98. The van der Waals surface area contributed by atoms with Crippen LogP contribution in [0.5, 0.6) is 5.75 Å². The van der Waals surface area contributed by atoms with E-state index in [0.717, 1.165) is 35.3 Å². The van der Waals surface area contributed by atoms with Gasteiger partial charge in [0, 0.05) is 11.4 Å². The Bertz CT molecular complexity index is 1180. The second kappa shape index (κ2) is 8.78. The van der Waals surface area contributed by atoms with Crippen LogP contribution < -0.4 is 10.1 Å². The summed E-state index contributed by atoms with van der Waals surface area (Å²) < 4.78 is 19.6. The van der Waals surface area contributed by atoms with Crippen LogP contribution >= 0.6 is 0 Å². The number of para-hydroxylation sites is 1. The number of aryl methyl sites for hydroxylation is 1. The molecule has 1 aliphatic heterocycles. The molecule has 3 aromatic rings. The van der Waals surface area contributed by atoms with Gasteiger partial charge >= 0.3 is 6.09 Å². The van der Waals surface area contributed by atoms with Crippen LogP contribution in [0.15, 0.2) is 53.2 Å². The van der Waals surface area contributed by atoms with E-state index in [1.807, 2.05) is 36.4 Å². The van der Waals surface area contributed by atoms with E-state index in [2.05, 4.69) is 30.7 Å². The maximum atomic E-state index is 10.8. The van der Waals surface area contributed by atoms with E-state index < -0.39 is 16.2 Å². The van der Waals surface area contributed by atoms with Crippen LogP contribution in [0.3, 0.4) is 0 Å². The minimum absolute atomic E-state index is 0.158. The maximum absolute atomic E-state index is 10.8. The summed E-state index contributed by atoms with van der Waals surface area (Å²) >= 11 is 0. The molecule has 162 valence electrons. The largest absolute Gasteiger partial charge is 0.493 e. The van der Waals surface area contributed by atoms with E-state index in [1.54, 1.807) is 0 Å². The SMILES string of the molecule is C[SH](O)(Cc1cccc(Nc2ncnc(-c3cccc4c3OCCC4)n2)c1)=NC(=O)O. The fourth-order valence-electron chi connectivity index (χ4n) is 3.49. The molecule has 2 heterocycles. The molecule has 0 bridgehead atoms. The zero-order valence-corrected chi connectivity index (χ0v) is 17.8. The number of hydrogen-bond donors (Lipinski definition) is 4. The number of carboxylic acid groups (broad SMARTS) is 1. The lowest BCUT2D eigenvalue weighted by molar-refractivity contribution is 0.206. The number of nitrogens with zero attached hydrogens (tertiary/aromatic N) is 4. The van der Waals surface area contributed by atoms with Gasteiger partial charge in [-0.3, -0.25) is 0 Å².